The van der Waals surface area contributed by atoms with Crippen LogP contribution < -0.4 is 5.32 Å². The molecule has 28 heavy (non-hydrogen) atoms. The fraction of sp³-hybridized carbons (Fsp3) is 0.400. The van der Waals surface area contributed by atoms with Gasteiger partial charge in [-0.25, -0.2) is 9.18 Å². The van der Waals surface area contributed by atoms with Gasteiger partial charge >= 0.3 is 12.6 Å². The molecule has 0 radical (unpaired) electrons. The summed E-state index contributed by atoms with van der Waals surface area (Å²) in [5.74, 6) is -0.430. The highest BCUT2D eigenvalue weighted by atomic mass is 19.3. The van der Waals surface area contributed by atoms with E-state index >= 15 is 0 Å². The van der Waals surface area contributed by atoms with Crippen LogP contribution in [0.3, 0.4) is 0 Å². The van der Waals surface area contributed by atoms with Crippen LogP contribution in [0.2, 0.25) is 0 Å². The number of nitrogens with zero attached hydrogens (tertiary/aromatic N) is 2. The van der Waals surface area contributed by atoms with E-state index < -0.39 is 18.5 Å². The van der Waals surface area contributed by atoms with Crippen LogP contribution >= 0.6 is 0 Å². The fourth-order valence-corrected chi connectivity index (χ4v) is 4.17. The molecule has 4 rings (SSSR count). The summed E-state index contributed by atoms with van der Waals surface area (Å²) in [6.07, 6.45) is 3.85. The fourth-order valence-electron chi connectivity index (χ4n) is 4.17. The average molecular weight is 391 g/mol. The Balaban J connectivity index is 1.45. The van der Waals surface area contributed by atoms with Gasteiger partial charge in [0.25, 0.3) is 0 Å². The number of benzene rings is 1. The smallest absolute Gasteiger partial charge is 0.319 e. The molecule has 0 spiro atoms. The number of amides is 2. The van der Waals surface area contributed by atoms with Gasteiger partial charge in [-0.2, -0.15) is 8.78 Å². The zero-order valence-corrected chi connectivity index (χ0v) is 15.2. The molecule has 5 nitrogen and oxygen atoms in total. The molecule has 8 heteroatoms. The van der Waals surface area contributed by atoms with Gasteiger partial charge in [0.05, 0.1) is 12.3 Å². The number of nitrogens with one attached hydrogen (secondary N) is 1. The third-order valence-corrected chi connectivity index (χ3v) is 5.44. The van der Waals surface area contributed by atoms with Gasteiger partial charge in [0, 0.05) is 29.5 Å². The number of urea groups is 1. The molecule has 2 unspecified atom stereocenters. The molecule has 2 fully saturated rings. The molecule has 1 aromatic heterocycles. The standard InChI is InChI=1S/C20H20F3N3O2/c1-11-2-3-14(5-18(11)12-4-13(21)10-24-9-12)25-20(27)26-15-6-16(26)8-17(7-15)28-19(22)23/h2-5,9-10,15-17,19H,6-8H2,1H3,(H,25,27)/t15-,16?,17?/m0/s1. The Labute approximate surface area is 160 Å². The molecular formula is C20H20F3N3O2. The van der Waals surface area contributed by atoms with Crippen LogP contribution in [0, 0.1) is 12.7 Å². The van der Waals surface area contributed by atoms with E-state index in [4.69, 9.17) is 0 Å². The summed E-state index contributed by atoms with van der Waals surface area (Å²) in [6.45, 7) is -0.887. The molecular weight excluding hydrogens is 371 g/mol. The van der Waals surface area contributed by atoms with Gasteiger partial charge < -0.3 is 15.0 Å². The number of piperidine rings is 1. The molecule has 3 heterocycles. The molecule has 2 aliphatic heterocycles. The zero-order valence-electron chi connectivity index (χ0n) is 15.2. The van der Waals surface area contributed by atoms with E-state index in [9.17, 15) is 18.0 Å². The number of carbonyl (C=O) groups is 1. The van der Waals surface area contributed by atoms with Crippen molar-refractivity contribution in [2.24, 2.45) is 0 Å². The van der Waals surface area contributed by atoms with Crippen molar-refractivity contribution < 1.29 is 22.7 Å². The first-order valence-electron chi connectivity index (χ1n) is 9.15. The number of alkyl halides is 2. The lowest BCUT2D eigenvalue weighted by Gasteiger charge is -2.54. The Kier molecular flexibility index (Phi) is 4.97. The van der Waals surface area contributed by atoms with Crippen LogP contribution in [0.25, 0.3) is 11.1 Å². The first kappa shape index (κ1) is 18.7. The van der Waals surface area contributed by atoms with E-state index in [-0.39, 0.29) is 18.1 Å². The summed E-state index contributed by atoms with van der Waals surface area (Å²) in [5.41, 5.74) is 2.92. The third kappa shape index (κ3) is 3.69. The Hall–Kier alpha value is -2.61. The number of carbonyl (C=O) groups excluding carboxylic acids is 1. The van der Waals surface area contributed by atoms with Crippen LogP contribution in [-0.4, -0.2) is 40.7 Å². The molecule has 0 saturated carbocycles. The largest absolute Gasteiger partial charge is 0.345 e. The molecule has 3 atom stereocenters. The van der Waals surface area contributed by atoms with E-state index in [2.05, 4.69) is 15.0 Å². The maximum Gasteiger partial charge on any atom is 0.345 e. The topological polar surface area (TPSA) is 54.5 Å². The summed E-state index contributed by atoms with van der Waals surface area (Å²) in [5, 5.41) is 2.86. The summed E-state index contributed by atoms with van der Waals surface area (Å²) < 4.78 is 42.9. The highest BCUT2D eigenvalue weighted by Crippen LogP contribution is 2.40. The van der Waals surface area contributed by atoms with Gasteiger partial charge in [-0.3, -0.25) is 4.98 Å². The molecule has 2 aromatic rings. The number of pyridine rings is 1. The number of ether oxygens (including phenoxy) is 1. The maximum atomic E-state index is 13.5. The lowest BCUT2D eigenvalue weighted by atomic mass is 9.78. The molecule has 2 aliphatic rings. The maximum absolute atomic E-state index is 13.5. The van der Waals surface area contributed by atoms with E-state index in [1.165, 1.54) is 6.07 Å². The van der Waals surface area contributed by atoms with E-state index in [0.717, 1.165) is 23.7 Å². The summed E-state index contributed by atoms with van der Waals surface area (Å²) in [7, 11) is 0. The van der Waals surface area contributed by atoms with Crippen molar-refractivity contribution in [1.82, 2.24) is 9.88 Å². The summed E-state index contributed by atoms with van der Waals surface area (Å²) in [6, 6.07) is 6.37. The van der Waals surface area contributed by atoms with E-state index in [0.29, 0.717) is 24.1 Å². The predicted molar refractivity (Wildman–Crippen MR) is 97.5 cm³/mol. The number of hydrogen-bond donors (Lipinski definition) is 1. The lowest BCUT2D eigenvalue weighted by Crippen LogP contribution is -2.65. The van der Waals surface area contributed by atoms with Crippen LogP contribution in [0.15, 0.2) is 36.7 Å². The Morgan fingerprint density at radius 2 is 1.96 bits per heavy atom. The van der Waals surface area contributed by atoms with Gasteiger partial charge in [0.15, 0.2) is 0 Å². The second kappa shape index (κ2) is 7.43. The van der Waals surface area contributed by atoms with Crippen molar-refractivity contribution in [3.8, 4) is 11.1 Å². The number of hydrogen-bond acceptors (Lipinski definition) is 3. The predicted octanol–water partition coefficient (Wildman–Crippen LogP) is 4.57. The van der Waals surface area contributed by atoms with E-state index in [1.54, 1.807) is 23.2 Å². The minimum Gasteiger partial charge on any atom is -0.319 e. The molecule has 1 N–H and O–H groups in total. The van der Waals surface area contributed by atoms with Crippen LogP contribution in [0.5, 0.6) is 0 Å². The third-order valence-electron chi connectivity index (χ3n) is 5.44. The van der Waals surface area contributed by atoms with Crippen molar-refractivity contribution in [2.75, 3.05) is 5.32 Å². The second-order valence-electron chi connectivity index (χ2n) is 7.29. The molecule has 2 amide bonds. The van der Waals surface area contributed by atoms with Gasteiger partial charge in [-0.05, 0) is 55.5 Å². The molecule has 148 valence electrons. The molecule has 2 bridgehead atoms. The Morgan fingerprint density at radius 1 is 1.21 bits per heavy atom. The Morgan fingerprint density at radius 3 is 2.64 bits per heavy atom. The second-order valence-corrected chi connectivity index (χ2v) is 7.29. The summed E-state index contributed by atoms with van der Waals surface area (Å²) >= 11 is 0. The van der Waals surface area contributed by atoms with Crippen LogP contribution in [-0.2, 0) is 4.74 Å². The monoisotopic (exact) mass is 391 g/mol. The van der Waals surface area contributed by atoms with Crippen molar-refractivity contribution in [3.05, 3.63) is 48.0 Å². The normalized spacial score (nSPS) is 23.5. The van der Waals surface area contributed by atoms with Crippen molar-refractivity contribution in [1.29, 1.82) is 0 Å². The number of anilines is 1. The zero-order chi connectivity index (χ0) is 19.8. The number of rotatable bonds is 4. The SMILES string of the molecule is Cc1ccc(NC(=O)N2C3CC(OC(F)F)C[C@@H]2C3)cc1-c1cncc(F)c1. The molecule has 2 saturated heterocycles. The number of aromatic nitrogens is 1. The lowest BCUT2D eigenvalue weighted by molar-refractivity contribution is -0.193. The van der Waals surface area contributed by atoms with Crippen LogP contribution in [0.1, 0.15) is 24.8 Å². The van der Waals surface area contributed by atoms with Gasteiger partial charge in [-0.15, -0.1) is 0 Å². The highest BCUT2D eigenvalue weighted by Gasteiger charge is 2.48. The summed E-state index contributed by atoms with van der Waals surface area (Å²) in [4.78, 5) is 18.3. The van der Waals surface area contributed by atoms with Crippen molar-refractivity contribution in [3.63, 3.8) is 0 Å². The Bertz CT molecular complexity index is 881. The number of halogens is 3. The van der Waals surface area contributed by atoms with Gasteiger partial charge in [-0.1, -0.05) is 6.07 Å². The molecule has 0 aliphatic carbocycles. The van der Waals surface area contributed by atoms with Gasteiger partial charge in [0.2, 0.25) is 0 Å². The highest BCUT2D eigenvalue weighted by molar-refractivity contribution is 5.91. The van der Waals surface area contributed by atoms with Gasteiger partial charge in [0.1, 0.15) is 5.82 Å². The average Bonchev–Trinajstić information content (AvgIpc) is 2.62. The van der Waals surface area contributed by atoms with E-state index in [1.807, 2.05) is 13.0 Å². The minimum absolute atomic E-state index is 0.0835. The number of fused-ring (bicyclic) bond motifs is 2. The quantitative estimate of drug-likeness (QED) is 0.831. The van der Waals surface area contributed by atoms with Crippen LogP contribution in [0.4, 0.5) is 23.7 Å². The minimum atomic E-state index is -2.78. The first-order chi connectivity index (χ1) is 13.4. The number of aryl methyl sites for hydroxylation is 1. The van der Waals surface area contributed by atoms with Crippen molar-refractivity contribution >= 4 is 11.7 Å². The molecule has 1 aromatic carbocycles. The first-order valence-corrected chi connectivity index (χ1v) is 9.15. The van der Waals surface area contributed by atoms with Crippen molar-refractivity contribution in [2.45, 2.75) is 51.0 Å².